The lowest BCUT2D eigenvalue weighted by atomic mass is 9.88. The highest BCUT2D eigenvalue weighted by Gasteiger charge is 2.22. The molecule has 8 heteroatoms. The van der Waals surface area contributed by atoms with Gasteiger partial charge < -0.3 is 10.6 Å². The number of carbonyl (C=O) groups excluding carboxylic acids is 2. The lowest BCUT2D eigenvalue weighted by Gasteiger charge is -2.21. The van der Waals surface area contributed by atoms with E-state index in [1.54, 1.807) is 0 Å². The predicted octanol–water partition coefficient (Wildman–Crippen LogP) is 3.50. The van der Waals surface area contributed by atoms with Gasteiger partial charge >= 0.3 is 0 Å². The molecule has 1 saturated carbocycles. The molecule has 0 unspecified atom stereocenters. The normalized spacial score (nSPS) is 14.3. The Morgan fingerprint density at radius 2 is 1.67 bits per heavy atom. The number of para-hydroxylation sites is 2. The van der Waals surface area contributed by atoms with Gasteiger partial charge in [-0.3, -0.25) is 9.59 Å². The zero-order valence-corrected chi connectivity index (χ0v) is 16.6. The van der Waals surface area contributed by atoms with Gasteiger partial charge in [0.15, 0.2) is 0 Å². The maximum Gasteiger partial charge on any atom is 0.248 e. The van der Waals surface area contributed by atoms with Crippen LogP contribution in [-0.4, -0.2) is 32.0 Å². The van der Waals surface area contributed by atoms with Crippen molar-refractivity contribution in [2.75, 3.05) is 10.6 Å². The summed E-state index contributed by atoms with van der Waals surface area (Å²) in [5, 5.41) is 18.2. The SMILES string of the molecule is O=C(Cn1nnc(-c2ccccc2NC(=O)C2CCCCC2)n1)Nc1ccccc1. The number of hydrogen-bond acceptors (Lipinski definition) is 5. The Bertz CT molecular complexity index is 1010. The molecule has 30 heavy (non-hydrogen) atoms. The van der Waals surface area contributed by atoms with Crippen molar-refractivity contribution >= 4 is 23.2 Å². The van der Waals surface area contributed by atoms with E-state index in [9.17, 15) is 9.59 Å². The Hall–Kier alpha value is -3.55. The van der Waals surface area contributed by atoms with Gasteiger partial charge in [0.1, 0.15) is 6.54 Å². The maximum absolute atomic E-state index is 12.6. The first kappa shape index (κ1) is 19.8. The van der Waals surface area contributed by atoms with Crippen LogP contribution < -0.4 is 10.6 Å². The molecule has 1 aromatic heterocycles. The van der Waals surface area contributed by atoms with Gasteiger partial charge in [0, 0.05) is 17.2 Å². The van der Waals surface area contributed by atoms with E-state index >= 15 is 0 Å². The van der Waals surface area contributed by atoms with Crippen LogP contribution >= 0.6 is 0 Å². The van der Waals surface area contributed by atoms with E-state index in [0.717, 1.165) is 25.7 Å². The van der Waals surface area contributed by atoms with Crippen LogP contribution in [0, 0.1) is 5.92 Å². The Labute approximate surface area is 174 Å². The molecule has 1 aliphatic carbocycles. The Morgan fingerprint density at radius 1 is 0.933 bits per heavy atom. The van der Waals surface area contributed by atoms with Crippen LogP contribution in [0.25, 0.3) is 11.4 Å². The summed E-state index contributed by atoms with van der Waals surface area (Å²) in [4.78, 5) is 26.1. The molecule has 0 aliphatic heterocycles. The molecule has 154 valence electrons. The fourth-order valence-electron chi connectivity index (χ4n) is 3.66. The zero-order chi connectivity index (χ0) is 20.8. The molecule has 2 amide bonds. The van der Waals surface area contributed by atoms with Crippen LogP contribution in [0.5, 0.6) is 0 Å². The third kappa shape index (κ3) is 4.89. The molecular formula is C22H24N6O2. The molecule has 1 aliphatic rings. The van der Waals surface area contributed by atoms with Crippen molar-refractivity contribution in [3.8, 4) is 11.4 Å². The topological polar surface area (TPSA) is 102 Å². The minimum absolute atomic E-state index is 0.0387. The largest absolute Gasteiger partial charge is 0.325 e. The molecule has 3 aromatic rings. The van der Waals surface area contributed by atoms with Gasteiger partial charge in [0.05, 0.1) is 5.69 Å². The predicted molar refractivity (Wildman–Crippen MR) is 114 cm³/mol. The van der Waals surface area contributed by atoms with E-state index in [1.807, 2.05) is 54.6 Å². The summed E-state index contributed by atoms with van der Waals surface area (Å²) in [5.74, 6) is 0.208. The second-order valence-electron chi connectivity index (χ2n) is 7.43. The molecule has 0 spiro atoms. The standard InChI is InChI=1S/C22H24N6O2/c29-20(23-17-11-5-2-6-12-17)15-28-26-21(25-27-28)18-13-7-8-14-19(18)24-22(30)16-9-3-1-4-10-16/h2,5-8,11-14,16H,1,3-4,9-10,15H2,(H,23,29)(H,24,30). The van der Waals surface area contributed by atoms with E-state index in [1.165, 1.54) is 11.2 Å². The number of anilines is 2. The number of rotatable bonds is 6. The van der Waals surface area contributed by atoms with Crippen LogP contribution in [-0.2, 0) is 16.1 Å². The van der Waals surface area contributed by atoms with E-state index < -0.39 is 0 Å². The maximum atomic E-state index is 12.6. The number of tetrazole rings is 1. The van der Waals surface area contributed by atoms with Gasteiger partial charge in [-0.25, -0.2) is 0 Å². The molecule has 0 saturated heterocycles. The summed E-state index contributed by atoms with van der Waals surface area (Å²) in [6.45, 7) is -0.0570. The highest BCUT2D eigenvalue weighted by Crippen LogP contribution is 2.28. The summed E-state index contributed by atoms with van der Waals surface area (Å²) >= 11 is 0. The molecule has 1 heterocycles. The molecule has 1 fully saturated rings. The summed E-state index contributed by atoms with van der Waals surface area (Å²) in [5.41, 5.74) is 2.04. The number of nitrogens with one attached hydrogen (secondary N) is 2. The minimum Gasteiger partial charge on any atom is -0.325 e. The highest BCUT2D eigenvalue weighted by molar-refractivity contribution is 5.96. The molecule has 2 aromatic carbocycles. The fraction of sp³-hybridized carbons (Fsp3) is 0.318. The third-order valence-electron chi connectivity index (χ3n) is 5.20. The number of hydrogen-bond donors (Lipinski definition) is 2. The molecule has 2 N–H and O–H groups in total. The zero-order valence-electron chi connectivity index (χ0n) is 16.6. The van der Waals surface area contributed by atoms with Gasteiger partial charge in [-0.05, 0) is 42.3 Å². The van der Waals surface area contributed by atoms with Crippen molar-refractivity contribution in [2.45, 2.75) is 38.6 Å². The molecule has 0 radical (unpaired) electrons. The monoisotopic (exact) mass is 404 g/mol. The molecule has 0 atom stereocenters. The van der Waals surface area contributed by atoms with Gasteiger partial charge in [0.25, 0.3) is 0 Å². The van der Waals surface area contributed by atoms with Crippen LogP contribution in [0.3, 0.4) is 0 Å². The van der Waals surface area contributed by atoms with E-state index in [-0.39, 0.29) is 24.3 Å². The van der Waals surface area contributed by atoms with Crippen LogP contribution in [0.2, 0.25) is 0 Å². The van der Waals surface area contributed by atoms with E-state index in [0.29, 0.717) is 22.8 Å². The summed E-state index contributed by atoms with van der Waals surface area (Å²) < 4.78 is 0. The van der Waals surface area contributed by atoms with Crippen LogP contribution in [0.4, 0.5) is 11.4 Å². The van der Waals surface area contributed by atoms with Gasteiger partial charge in [-0.1, -0.05) is 49.6 Å². The van der Waals surface area contributed by atoms with Gasteiger partial charge in [0.2, 0.25) is 17.6 Å². The van der Waals surface area contributed by atoms with Crippen molar-refractivity contribution in [2.24, 2.45) is 5.92 Å². The number of nitrogens with zero attached hydrogens (tertiary/aromatic N) is 4. The molecule has 8 nitrogen and oxygen atoms in total. The van der Waals surface area contributed by atoms with Gasteiger partial charge in [-0.15, -0.1) is 10.2 Å². The minimum atomic E-state index is -0.246. The smallest absolute Gasteiger partial charge is 0.248 e. The van der Waals surface area contributed by atoms with Crippen molar-refractivity contribution in [1.29, 1.82) is 0 Å². The Morgan fingerprint density at radius 3 is 2.47 bits per heavy atom. The van der Waals surface area contributed by atoms with E-state index in [4.69, 9.17) is 0 Å². The lowest BCUT2D eigenvalue weighted by molar-refractivity contribution is -0.120. The highest BCUT2D eigenvalue weighted by atomic mass is 16.2. The first-order valence-corrected chi connectivity index (χ1v) is 10.2. The lowest BCUT2D eigenvalue weighted by Crippen LogP contribution is -2.25. The van der Waals surface area contributed by atoms with Crippen molar-refractivity contribution in [3.05, 3.63) is 54.6 Å². The second kappa shape index (κ2) is 9.30. The molecule has 4 rings (SSSR count). The average molecular weight is 404 g/mol. The summed E-state index contributed by atoms with van der Waals surface area (Å²) in [7, 11) is 0. The van der Waals surface area contributed by atoms with Crippen LogP contribution in [0.15, 0.2) is 54.6 Å². The van der Waals surface area contributed by atoms with E-state index in [2.05, 4.69) is 26.0 Å². The van der Waals surface area contributed by atoms with Crippen LogP contribution in [0.1, 0.15) is 32.1 Å². The Balaban J connectivity index is 1.44. The number of benzene rings is 2. The second-order valence-corrected chi connectivity index (χ2v) is 7.43. The average Bonchev–Trinajstić information content (AvgIpc) is 3.23. The van der Waals surface area contributed by atoms with Gasteiger partial charge in [-0.2, -0.15) is 4.80 Å². The number of aromatic nitrogens is 4. The fourth-order valence-corrected chi connectivity index (χ4v) is 3.66. The van der Waals surface area contributed by atoms with Crippen molar-refractivity contribution in [1.82, 2.24) is 20.2 Å². The first-order chi connectivity index (χ1) is 14.7. The van der Waals surface area contributed by atoms with Crippen molar-refractivity contribution in [3.63, 3.8) is 0 Å². The summed E-state index contributed by atoms with van der Waals surface area (Å²) in [6.07, 6.45) is 5.25. The number of carbonyl (C=O) groups is 2. The molecular weight excluding hydrogens is 380 g/mol. The number of amides is 2. The third-order valence-corrected chi connectivity index (χ3v) is 5.20. The first-order valence-electron chi connectivity index (χ1n) is 10.2. The molecule has 0 bridgehead atoms. The Kier molecular flexibility index (Phi) is 6.12. The van der Waals surface area contributed by atoms with Crippen molar-refractivity contribution < 1.29 is 9.59 Å². The summed E-state index contributed by atoms with van der Waals surface area (Å²) in [6, 6.07) is 16.6. The quantitative estimate of drug-likeness (QED) is 0.655.